The smallest absolute Gasteiger partial charge is 0.411 e. The van der Waals surface area contributed by atoms with Gasteiger partial charge in [0, 0.05) is 24.8 Å². The third-order valence-electron chi connectivity index (χ3n) is 6.20. The zero-order valence-electron chi connectivity index (χ0n) is 18.7. The molecule has 8 nitrogen and oxygen atoms in total. The molecule has 9 heteroatoms. The lowest BCUT2D eigenvalue weighted by molar-refractivity contribution is -0.136. The Morgan fingerprint density at radius 3 is 2.34 bits per heavy atom. The number of benzene rings is 2. The third-order valence-corrected chi connectivity index (χ3v) is 7.37. The van der Waals surface area contributed by atoms with Crippen LogP contribution in [-0.4, -0.2) is 63.7 Å². The molecule has 2 N–H and O–H groups in total. The van der Waals surface area contributed by atoms with Crippen LogP contribution in [0, 0.1) is 0 Å². The molecule has 1 aliphatic carbocycles. The quantitative estimate of drug-likeness (QED) is 0.556. The number of amides is 2. The molecule has 1 aromatic heterocycles. The standard InChI is InChI=1S/C26H23N3O5S/c30-24(29-11-12-35-23(14-29)25(31)32)22-10-9-16(13-27-22)28-26(33)34-15-21-19-7-3-1-5-17(19)18-6-2-4-8-20(18)21/h1-10,13,21,23H,11-12,14-15H2,(H,28,33)(H,31,32). The fraction of sp³-hybridized carbons (Fsp3) is 0.231. The first-order chi connectivity index (χ1) is 17.0. The minimum absolute atomic E-state index is 0.0383. The largest absolute Gasteiger partial charge is 0.480 e. The second kappa shape index (κ2) is 9.79. The van der Waals surface area contributed by atoms with Crippen LogP contribution < -0.4 is 5.32 Å². The van der Waals surface area contributed by atoms with E-state index in [2.05, 4.69) is 34.6 Å². The van der Waals surface area contributed by atoms with Gasteiger partial charge in [-0.3, -0.25) is 14.9 Å². The predicted octanol–water partition coefficient (Wildman–Crippen LogP) is 4.08. The lowest BCUT2D eigenvalue weighted by Crippen LogP contribution is -2.44. The van der Waals surface area contributed by atoms with E-state index < -0.39 is 17.3 Å². The third kappa shape index (κ3) is 4.72. The number of ether oxygens (including phenoxy) is 1. The van der Waals surface area contributed by atoms with E-state index in [-0.39, 0.29) is 30.7 Å². The number of carbonyl (C=O) groups is 3. The molecular weight excluding hydrogens is 466 g/mol. The van der Waals surface area contributed by atoms with Gasteiger partial charge in [0.1, 0.15) is 17.6 Å². The lowest BCUT2D eigenvalue weighted by Gasteiger charge is -2.30. The van der Waals surface area contributed by atoms with Crippen molar-refractivity contribution in [1.29, 1.82) is 0 Å². The maximum Gasteiger partial charge on any atom is 0.411 e. The van der Waals surface area contributed by atoms with Crippen molar-refractivity contribution in [2.75, 3.05) is 30.8 Å². The highest BCUT2D eigenvalue weighted by molar-refractivity contribution is 8.00. The molecule has 0 bridgehead atoms. The first kappa shape index (κ1) is 22.9. The number of nitrogens with zero attached hydrogens (tertiary/aromatic N) is 2. The van der Waals surface area contributed by atoms with Crippen LogP contribution in [0.5, 0.6) is 0 Å². The van der Waals surface area contributed by atoms with Crippen molar-refractivity contribution in [3.8, 4) is 11.1 Å². The van der Waals surface area contributed by atoms with Gasteiger partial charge in [0.15, 0.2) is 0 Å². The number of aromatic nitrogens is 1. The summed E-state index contributed by atoms with van der Waals surface area (Å²) in [7, 11) is 0. The summed E-state index contributed by atoms with van der Waals surface area (Å²) in [6.07, 6.45) is 0.785. The molecule has 1 saturated heterocycles. The second-order valence-corrected chi connectivity index (χ2v) is 9.64. The van der Waals surface area contributed by atoms with Crippen LogP contribution >= 0.6 is 11.8 Å². The average molecular weight is 490 g/mol. The van der Waals surface area contributed by atoms with Crippen LogP contribution in [0.2, 0.25) is 0 Å². The number of fused-ring (bicyclic) bond motifs is 3. The van der Waals surface area contributed by atoms with Gasteiger partial charge in [-0.15, -0.1) is 11.8 Å². The van der Waals surface area contributed by atoms with Gasteiger partial charge in [0.05, 0.1) is 11.9 Å². The van der Waals surface area contributed by atoms with E-state index in [1.807, 2.05) is 24.3 Å². The number of carboxylic acid groups (broad SMARTS) is 1. The number of anilines is 1. The number of aliphatic carboxylic acids is 1. The summed E-state index contributed by atoms with van der Waals surface area (Å²) in [5, 5.41) is 11.2. The summed E-state index contributed by atoms with van der Waals surface area (Å²) < 4.78 is 5.54. The Balaban J connectivity index is 1.19. The Hall–Kier alpha value is -3.85. The normalized spacial score (nSPS) is 16.8. The fourth-order valence-corrected chi connectivity index (χ4v) is 5.53. The highest BCUT2D eigenvalue weighted by Gasteiger charge is 2.30. The Bertz CT molecular complexity index is 1230. The van der Waals surface area contributed by atoms with E-state index in [1.54, 1.807) is 6.07 Å². The second-order valence-electron chi connectivity index (χ2n) is 8.33. The number of hydrogen-bond acceptors (Lipinski definition) is 6. The number of carboxylic acids is 1. The molecule has 35 heavy (non-hydrogen) atoms. The van der Waals surface area contributed by atoms with Crippen molar-refractivity contribution in [3.05, 3.63) is 83.7 Å². The fourth-order valence-electron chi connectivity index (χ4n) is 4.49. The first-order valence-corrected chi connectivity index (χ1v) is 12.3. The van der Waals surface area contributed by atoms with Crippen molar-refractivity contribution < 1.29 is 24.2 Å². The highest BCUT2D eigenvalue weighted by atomic mass is 32.2. The Kier molecular flexibility index (Phi) is 6.41. The minimum atomic E-state index is -0.928. The molecule has 1 atom stereocenters. The highest BCUT2D eigenvalue weighted by Crippen LogP contribution is 2.44. The Morgan fingerprint density at radius 1 is 1.03 bits per heavy atom. The van der Waals surface area contributed by atoms with Gasteiger partial charge < -0.3 is 14.7 Å². The molecular formula is C26H23N3O5S. The molecule has 2 aromatic carbocycles. The van der Waals surface area contributed by atoms with E-state index in [0.29, 0.717) is 18.0 Å². The van der Waals surface area contributed by atoms with Crippen LogP contribution in [0.25, 0.3) is 11.1 Å². The molecule has 0 saturated carbocycles. The molecule has 2 aliphatic rings. The number of thioether (sulfide) groups is 1. The first-order valence-electron chi connectivity index (χ1n) is 11.2. The molecule has 3 aromatic rings. The number of nitrogens with one attached hydrogen (secondary N) is 1. The number of rotatable bonds is 5. The van der Waals surface area contributed by atoms with E-state index in [9.17, 15) is 19.5 Å². The SMILES string of the molecule is O=C(Nc1ccc(C(=O)N2CCSC(C(=O)O)C2)nc1)OCC1c2ccccc2-c2ccccc21. The number of carbonyl (C=O) groups excluding carboxylic acids is 2. The minimum Gasteiger partial charge on any atom is -0.480 e. The molecule has 178 valence electrons. The topological polar surface area (TPSA) is 109 Å². The van der Waals surface area contributed by atoms with E-state index in [4.69, 9.17) is 4.74 Å². The molecule has 0 spiro atoms. The van der Waals surface area contributed by atoms with E-state index in [0.717, 1.165) is 22.3 Å². The van der Waals surface area contributed by atoms with Gasteiger partial charge in [-0.2, -0.15) is 0 Å². The van der Waals surface area contributed by atoms with Crippen LogP contribution in [-0.2, 0) is 9.53 Å². The van der Waals surface area contributed by atoms with Gasteiger partial charge in [-0.1, -0.05) is 48.5 Å². The van der Waals surface area contributed by atoms with Crippen LogP contribution in [0.4, 0.5) is 10.5 Å². The Labute approximate surface area is 206 Å². The summed E-state index contributed by atoms with van der Waals surface area (Å²) in [5.74, 6) is -0.736. The maximum atomic E-state index is 12.7. The van der Waals surface area contributed by atoms with Crippen molar-refractivity contribution in [2.24, 2.45) is 0 Å². The summed E-state index contributed by atoms with van der Waals surface area (Å²) in [6, 6.07) is 19.3. The van der Waals surface area contributed by atoms with E-state index >= 15 is 0 Å². The van der Waals surface area contributed by atoms with Crippen LogP contribution in [0.15, 0.2) is 66.9 Å². The molecule has 0 radical (unpaired) electrons. The maximum absolute atomic E-state index is 12.7. The summed E-state index contributed by atoms with van der Waals surface area (Å²) in [6.45, 7) is 0.802. The van der Waals surface area contributed by atoms with Crippen LogP contribution in [0.3, 0.4) is 0 Å². The lowest BCUT2D eigenvalue weighted by atomic mass is 9.98. The number of hydrogen-bond donors (Lipinski definition) is 2. The van der Waals surface area contributed by atoms with Crippen molar-refractivity contribution in [2.45, 2.75) is 11.2 Å². The van der Waals surface area contributed by atoms with Gasteiger partial charge in [0.2, 0.25) is 0 Å². The average Bonchev–Trinajstić information content (AvgIpc) is 3.21. The molecule has 2 amide bonds. The summed E-state index contributed by atoms with van der Waals surface area (Å²) in [4.78, 5) is 42.1. The van der Waals surface area contributed by atoms with E-state index in [1.165, 1.54) is 28.9 Å². The van der Waals surface area contributed by atoms with Gasteiger partial charge in [0.25, 0.3) is 5.91 Å². The van der Waals surface area contributed by atoms with Gasteiger partial charge in [-0.25, -0.2) is 9.78 Å². The molecule has 5 rings (SSSR count). The van der Waals surface area contributed by atoms with Crippen molar-refractivity contribution in [3.63, 3.8) is 0 Å². The van der Waals surface area contributed by atoms with Gasteiger partial charge >= 0.3 is 12.1 Å². The summed E-state index contributed by atoms with van der Waals surface area (Å²) >= 11 is 1.33. The Morgan fingerprint density at radius 2 is 1.71 bits per heavy atom. The molecule has 2 heterocycles. The van der Waals surface area contributed by atoms with Crippen molar-refractivity contribution in [1.82, 2.24) is 9.88 Å². The van der Waals surface area contributed by atoms with Gasteiger partial charge in [-0.05, 0) is 34.4 Å². The predicted molar refractivity (Wildman–Crippen MR) is 133 cm³/mol. The summed E-state index contributed by atoms with van der Waals surface area (Å²) in [5.41, 5.74) is 5.17. The van der Waals surface area contributed by atoms with Crippen molar-refractivity contribution >= 4 is 35.4 Å². The number of pyridine rings is 1. The molecule has 1 aliphatic heterocycles. The zero-order valence-corrected chi connectivity index (χ0v) is 19.5. The zero-order chi connectivity index (χ0) is 24.4. The molecule has 1 fully saturated rings. The molecule has 1 unspecified atom stereocenters. The van der Waals surface area contributed by atoms with Crippen LogP contribution in [0.1, 0.15) is 27.5 Å². The monoisotopic (exact) mass is 489 g/mol.